The van der Waals surface area contributed by atoms with Crippen molar-refractivity contribution in [3.8, 4) is 11.3 Å². The van der Waals surface area contributed by atoms with Gasteiger partial charge >= 0.3 is 0 Å². The number of nitrogens with zero attached hydrogens (tertiary/aromatic N) is 3. The number of hydrogen-bond donors (Lipinski definition) is 3. The van der Waals surface area contributed by atoms with Gasteiger partial charge in [0.05, 0.1) is 38.2 Å². The maximum absolute atomic E-state index is 5.48. The number of imidazole rings is 1. The van der Waals surface area contributed by atoms with Crippen molar-refractivity contribution in [1.29, 1.82) is 0 Å². The number of hydrogen-bond acceptors (Lipinski definition) is 4. The van der Waals surface area contributed by atoms with Crippen molar-refractivity contribution in [3.05, 3.63) is 77.7 Å². The molecule has 0 radical (unpaired) electrons. The Morgan fingerprint density at radius 1 is 1.03 bits per heavy atom. The van der Waals surface area contributed by atoms with E-state index in [0.717, 1.165) is 62.4 Å². The van der Waals surface area contributed by atoms with Crippen LogP contribution in [0.4, 0.5) is 0 Å². The highest BCUT2D eigenvalue weighted by atomic mass is 127. The van der Waals surface area contributed by atoms with Crippen molar-refractivity contribution in [1.82, 2.24) is 25.5 Å². The fraction of sp³-hybridized carbons (Fsp3) is 0.360. The summed E-state index contributed by atoms with van der Waals surface area (Å²) in [6, 6.07) is 18.8. The second-order valence-corrected chi connectivity index (χ2v) is 7.82. The number of morpholine rings is 1. The molecule has 0 spiro atoms. The molecule has 0 saturated carbocycles. The number of aliphatic imine (C=N–C) groups is 1. The van der Waals surface area contributed by atoms with Crippen molar-refractivity contribution < 1.29 is 4.74 Å². The van der Waals surface area contributed by atoms with Gasteiger partial charge in [-0.15, -0.1) is 24.0 Å². The minimum atomic E-state index is 0. The van der Waals surface area contributed by atoms with E-state index in [1.807, 2.05) is 24.4 Å². The van der Waals surface area contributed by atoms with E-state index in [2.05, 4.69) is 68.8 Å². The molecule has 1 aliphatic heterocycles. The third-order valence-electron chi connectivity index (χ3n) is 5.50. The Labute approximate surface area is 213 Å². The van der Waals surface area contributed by atoms with E-state index < -0.39 is 0 Å². The molecule has 0 unspecified atom stereocenters. The topological polar surface area (TPSA) is 77.6 Å². The lowest BCUT2D eigenvalue weighted by Gasteiger charge is -2.27. The van der Waals surface area contributed by atoms with Gasteiger partial charge in [-0.3, -0.25) is 4.90 Å². The predicted molar refractivity (Wildman–Crippen MR) is 144 cm³/mol. The number of aromatic amines is 1. The smallest absolute Gasteiger partial charge is 0.191 e. The van der Waals surface area contributed by atoms with Crippen LogP contribution in [-0.2, 0) is 24.4 Å². The van der Waals surface area contributed by atoms with Crippen LogP contribution in [0.25, 0.3) is 11.3 Å². The summed E-state index contributed by atoms with van der Waals surface area (Å²) in [5, 5.41) is 6.72. The molecule has 8 heteroatoms. The molecule has 1 aliphatic rings. The van der Waals surface area contributed by atoms with E-state index in [-0.39, 0.29) is 24.0 Å². The fourth-order valence-corrected chi connectivity index (χ4v) is 3.76. The summed E-state index contributed by atoms with van der Waals surface area (Å²) in [5.41, 5.74) is 4.72. The summed E-state index contributed by atoms with van der Waals surface area (Å²) >= 11 is 0. The minimum Gasteiger partial charge on any atom is -0.379 e. The lowest BCUT2D eigenvalue weighted by Crippen LogP contribution is -2.37. The number of aromatic nitrogens is 2. The molecule has 0 bridgehead atoms. The van der Waals surface area contributed by atoms with Crippen LogP contribution in [0.2, 0.25) is 0 Å². The maximum Gasteiger partial charge on any atom is 0.191 e. The monoisotopic (exact) mass is 560 g/mol. The number of ether oxygens (including phenoxy) is 1. The first kappa shape index (κ1) is 25.2. The highest BCUT2D eigenvalue weighted by Gasteiger charge is 2.12. The second kappa shape index (κ2) is 13.3. The van der Waals surface area contributed by atoms with Crippen LogP contribution in [0, 0.1) is 0 Å². The van der Waals surface area contributed by atoms with Crippen molar-refractivity contribution in [2.75, 3.05) is 32.8 Å². The molecule has 1 saturated heterocycles. The van der Waals surface area contributed by atoms with Gasteiger partial charge < -0.3 is 20.4 Å². The molecule has 1 fully saturated rings. The fourth-order valence-electron chi connectivity index (χ4n) is 3.76. The van der Waals surface area contributed by atoms with Gasteiger partial charge in [0.15, 0.2) is 5.96 Å². The van der Waals surface area contributed by atoms with Crippen molar-refractivity contribution in [3.63, 3.8) is 0 Å². The van der Waals surface area contributed by atoms with Crippen LogP contribution < -0.4 is 10.6 Å². The molecule has 2 aromatic carbocycles. The molecular formula is C25H33IN6O. The number of rotatable bonds is 8. The van der Waals surface area contributed by atoms with E-state index in [1.54, 1.807) is 0 Å². The van der Waals surface area contributed by atoms with Crippen LogP contribution in [-0.4, -0.2) is 53.7 Å². The van der Waals surface area contributed by atoms with Gasteiger partial charge in [0, 0.05) is 26.2 Å². The average molecular weight is 560 g/mol. The van der Waals surface area contributed by atoms with Gasteiger partial charge in [-0.1, -0.05) is 54.6 Å². The van der Waals surface area contributed by atoms with E-state index in [9.17, 15) is 0 Å². The molecule has 3 N–H and O–H groups in total. The number of benzene rings is 2. The third-order valence-corrected chi connectivity index (χ3v) is 5.50. The van der Waals surface area contributed by atoms with Gasteiger partial charge in [0.25, 0.3) is 0 Å². The largest absolute Gasteiger partial charge is 0.379 e. The van der Waals surface area contributed by atoms with Gasteiger partial charge in [0.1, 0.15) is 5.82 Å². The van der Waals surface area contributed by atoms with Crippen LogP contribution in [0.3, 0.4) is 0 Å². The van der Waals surface area contributed by atoms with Gasteiger partial charge in [-0.25, -0.2) is 9.98 Å². The van der Waals surface area contributed by atoms with Crippen LogP contribution in [0.1, 0.15) is 23.9 Å². The first-order valence-corrected chi connectivity index (χ1v) is 11.3. The van der Waals surface area contributed by atoms with Crippen molar-refractivity contribution >= 4 is 29.9 Å². The van der Waals surface area contributed by atoms with Crippen LogP contribution >= 0.6 is 24.0 Å². The summed E-state index contributed by atoms with van der Waals surface area (Å²) in [6.07, 6.45) is 1.87. The molecule has 0 aliphatic carbocycles. The molecule has 1 aromatic heterocycles. The number of halogens is 1. The molecule has 176 valence electrons. The Morgan fingerprint density at radius 3 is 2.52 bits per heavy atom. The maximum atomic E-state index is 5.48. The van der Waals surface area contributed by atoms with E-state index >= 15 is 0 Å². The van der Waals surface area contributed by atoms with Gasteiger partial charge in [-0.2, -0.15) is 0 Å². The Balaban J connectivity index is 0.00000306. The minimum absolute atomic E-state index is 0. The van der Waals surface area contributed by atoms with Crippen molar-refractivity contribution in [2.45, 2.75) is 26.6 Å². The summed E-state index contributed by atoms with van der Waals surface area (Å²) < 4.78 is 5.48. The van der Waals surface area contributed by atoms with Crippen LogP contribution in [0.15, 0.2) is 65.8 Å². The molecule has 0 amide bonds. The van der Waals surface area contributed by atoms with Gasteiger partial charge in [-0.05, 0) is 23.6 Å². The quantitative estimate of drug-likeness (QED) is 0.222. The normalized spacial score (nSPS) is 14.5. The van der Waals surface area contributed by atoms with Crippen molar-refractivity contribution in [2.24, 2.45) is 4.99 Å². The zero-order chi connectivity index (χ0) is 22.0. The molecular weight excluding hydrogens is 527 g/mol. The standard InChI is InChI=1S/C25H32N6O.HI/c1-2-26-25(29-18-24-27-17-23(30-24)20-8-4-3-5-9-20)28-16-21-10-6-7-11-22(21)19-31-12-14-32-15-13-31;/h3-11,17H,2,12-16,18-19H2,1H3,(H,27,30)(H2,26,28,29);1H. The average Bonchev–Trinajstić information content (AvgIpc) is 3.32. The number of guanidine groups is 1. The molecule has 4 rings (SSSR count). The summed E-state index contributed by atoms with van der Waals surface area (Å²) in [4.78, 5) is 15.2. The zero-order valence-electron chi connectivity index (χ0n) is 19.1. The second-order valence-electron chi connectivity index (χ2n) is 7.82. The van der Waals surface area contributed by atoms with E-state index in [0.29, 0.717) is 13.1 Å². The predicted octanol–water partition coefficient (Wildman–Crippen LogP) is 3.78. The molecule has 33 heavy (non-hydrogen) atoms. The summed E-state index contributed by atoms with van der Waals surface area (Å²) in [6.45, 7) is 8.61. The summed E-state index contributed by atoms with van der Waals surface area (Å²) in [5.74, 6) is 1.66. The van der Waals surface area contributed by atoms with Gasteiger partial charge in [0.2, 0.25) is 0 Å². The Kier molecular flexibility index (Phi) is 10.2. The first-order chi connectivity index (χ1) is 15.8. The Bertz CT molecular complexity index is 1000. The SMILES string of the molecule is CCNC(=NCc1ccccc1CN1CCOCC1)NCc1ncc(-c2ccccc2)[nH]1.I. The first-order valence-electron chi connectivity index (χ1n) is 11.3. The van der Waals surface area contributed by atoms with E-state index in [1.165, 1.54) is 11.1 Å². The highest BCUT2D eigenvalue weighted by Crippen LogP contribution is 2.16. The third kappa shape index (κ3) is 7.55. The number of nitrogens with one attached hydrogen (secondary N) is 3. The molecule has 7 nitrogen and oxygen atoms in total. The Hall–Kier alpha value is -2.43. The number of H-pyrrole nitrogens is 1. The summed E-state index contributed by atoms with van der Waals surface area (Å²) in [7, 11) is 0. The molecule has 0 atom stereocenters. The lowest BCUT2D eigenvalue weighted by molar-refractivity contribution is 0.0341. The zero-order valence-corrected chi connectivity index (χ0v) is 21.4. The molecule has 3 aromatic rings. The van der Waals surface area contributed by atoms with E-state index in [4.69, 9.17) is 9.73 Å². The highest BCUT2D eigenvalue weighted by molar-refractivity contribution is 14.0. The molecule has 2 heterocycles. The Morgan fingerprint density at radius 2 is 1.76 bits per heavy atom. The lowest BCUT2D eigenvalue weighted by atomic mass is 10.1. The van der Waals surface area contributed by atoms with Crippen LogP contribution in [0.5, 0.6) is 0 Å².